The summed E-state index contributed by atoms with van der Waals surface area (Å²) < 4.78 is 34.0. The minimum atomic E-state index is -1.12. The first-order valence-corrected chi connectivity index (χ1v) is 7.49. The number of pyridine rings is 1. The summed E-state index contributed by atoms with van der Waals surface area (Å²) in [6.07, 6.45) is 1.28. The minimum absolute atomic E-state index is 0.0508. The van der Waals surface area contributed by atoms with E-state index in [4.69, 9.17) is 4.74 Å². The lowest BCUT2D eigenvalue weighted by atomic mass is 10.1. The van der Waals surface area contributed by atoms with Crippen molar-refractivity contribution in [2.45, 2.75) is 11.8 Å². The molecule has 2 aromatic rings. The van der Waals surface area contributed by atoms with E-state index in [9.17, 15) is 18.4 Å². The van der Waals surface area contributed by atoms with Gasteiger partial charge in [0.2, 0.25) is 5.43 Å². The van der Waals surface area contributed by atoms with E-state index in [1.54, 1.807) is 6.92 Å². The van der Waals surface area contributed by atoms with Crippen LogP contribution in [0, 0.1) is 11.6 Å². The second-order valence-corrected chi connectivity index (χ2v) is 5.70. The lowest BCUT2D eigenvalue weighted by Gasteiger charge is -2.22. The van der Waals surface area contributed by atoms with Crippen LogP contribution in [0.25, 0.3) is 16.6 Å². The van der Waals surface area contributed by atoms with Gasteiger partial charge in [0.15, 0.2) is 11.6 Å². The van der Waals surface area contributed by atoms with E-state index < -0.39 is 23.0 Å². The predicted molar refractivity (Wildman–Crippen MR) is 80.1 cm³/mol. The van der Waals surface area contributed by atoms with Crippen LogP contribution in [0.4, 0.5) is 8.78 Å². The summed E-state index contributed by atoms with van der Waals surface area (Å²) in [7, 11) is 0. The number of benzene rings is 1. The molecular weight excluding hydrogens is 312 g/mol. The molecule has 0 bridgehead atoms. The van der Waals surface area contributed by atoms with Crippen LogP contribution >= 0.6 is 11.8 Å². The molecule has 1 aromatic carbocycles. The third-order valence-electron chi connectivity index (χ3n) is 3.36. The summed E-state index contributed by atoms with van der Waals surface area (Å²) in [6.45, 7) is 5.56. The Kier molecular flexibility index (Phi) is 3.52. The minimum Gasteiger partial charge on any atom is -0.462 e. The molecule has 114 valence electrons. The maximum Gasteiger partial charge on any atom is 0.343 e. The van der Waals surface area contributed by atoms with Gasteiger partial charge in [0.1, 0.15) is 5.56 Å². The fourth-order valence-electron chi connectivity index (χ4n) is 2.36. The number of aromatic nitrogens is 1. The number of nitrogens with zero attached hydrogens (tertiary/aromatic N) is 1. The smallest absolute Gasteiger partial charge is 0.343 e. The molecular formula is C15H11F2NO3S. The Morgan fingerprint density at radius 2 is 2.23 bits per heavy atom. The lowest BCUT2D eigenvalue weighted by Crippen LogP contribution is -2.23. The molecule has 0 saturated heterocycles. The number of carbonyl (C=O) groups excluding carboxylic acids is 1. The van der Waals surface area contributed by atoms with Crippen molar-refractivity contribution >= 4 is 34.3 Å². The highest BCUT2D eigenvalue weighted by Crippen LogP contribution is 2.38. The quantitative estimate of drug-likeness (QED) is 0.797. The van der Waals surface area contributed by atoms with Crippen LogP contribution in [0.2, 0.25) is 0 Å². The van der Waals surface area contributed by atoms with E-state index >= 15 is 0 Å². The van der Waals surface area contributed by atoms with E-state index in [1.165, 1.54) is 10.8 Å². The second-order valence-electron chi connectivity index (χ2n) is 4.71. The van der Waals surface area contributed by atoms with Crippen molar-refractivity contribution in [3.05, 3.63) is 46.3 Å². The van der Waals surface area contributed by atoms with Crippen molar-refractivity contribution in [2.75, 3.05) is 12.4 Å². The number of thioether (sulfide) groups is 1. The molecule has 4 nitrogen and oxygen atoms in total. The highest BCUT2D eigenvalue weighted by atomic mass is 32.2. The third kappa shape index (κ3) is 2.04. The summed E-state index contributed by atoms with van der Waals surface area (Å²) in [6, 6.07) is 0.814. The zero-order valence-electron chi connectivity index (χ0n) is 11.6. The molecule has 3 rings (SSSR count). The zero-order chi connectivity index (χ0) is 16.0. The van der Waals surface area contributed by atoms with E-state index in [-0.39, 0.29) is 28.0 Å². The van der Waals surface area contributed by atoms with Crippen LogP contribution in [0.1, 0.15) is 17.3 Å². The molecule has 0 spiro atoms. The van der Waals surface area contributed by atoms with Crippen LogP contribution in [-0.2, 0) is 4.74 Å². The Morgan fingerprint density at radius 3 is 2.91 bits per heavy atom. The standard InChI is InChI=1S/C15H11F2NO3S/c1-3-21-15(20)9-5-18-7(2)6-22-14-11(17)10(16)4-8(12(14)18)13(9)19/h4-5H,2-3,6H2,1H3. The number of hydrogen-bond donors (Lipinski definition) is 0. The first-order chi connectivity index (χ1) is 10.5. The van der Waals surface area contributed by atoms with Crippen LogP contribution in [-0.4, -0.2) is 22.9 Å². The van der Waals surface area contributed by atoms with Gasteiger partial charge < -0.3 is 9.30 Å². The number of hydrogen-bond acceptors (Lipinski definition) is 4. The van der Waals surface area contributed by atoms with Crippen LogP contribution < -0.4 is 5.43 Å². The molecule has 1 aliphatic rings. The van der Waals surface area contributed by atoms with Crippen LogP contribution in [0.15, 0.2) is 28.5 Å². The average Bonchev–Trinajstić information content (AvgIpc) is 2.48. The molecule has 0 radical (unpaired) electrons. The number of halogens is 2. The Bertz CT molecular complexity index is 889. The molecule has 0 unspecified atom stereocenters. The van der Waals surface area contributed by atoms with Gasteiger partial charge in [-0.05, 0) is 13.0 Å². The highest BCUT2D eigenvalue weighted by Gasteiger charge is 2.26. The molecule has 0 saturated carbocycles. The fraction of sp³-hybridized carbons (Fsp3) is 0.200. The normalized spacial score (nSPS) is 13.5. The number of carbonyl (C=O) groups is 1. The SMILES string of the molecule is C=C1CSc2c(F)c(F)cc3c(=O)c(C(=O)OCC)cn1c23. The Hall–Kier alpha value is -2.15. The van der Waals surface area contributed by atoms with Gasteiger partial charge in [-0.3, -0.25) is 4.79 Å². The Balaban J connectivity index is 2.45. The largest absolute Gasteiger partial charge is 0.462 e. The van der Waals surface area contributed by atoms with Crippen molar-refractivity contribution < 1.29 is 18.3 Å². The van der Waals surface area contributed by atoms with Gasteiger partial charge in [-0.2, -0.15) is 0 Å². The molecule has 0 amide bonds. The number of rotatable bonds is 2. The topological polar surface area (TPSA) is 48.3 Å². The molecule has 22 heavy (non-hydrogen) atoms. The molecule has 2 heterocycles. The van der Waals surface area contributed by atoms with Gasteiger partial charge in [0, 0.05) is 17.6 Å². The molecule has 0 aliphatic carbocycles. The molecule has 7 heteroatoms. The average molecular weight is 323 g/mol. The van der Waals surface area contributed by atoms with Crippen molar-refractivity contribution in [2.24, 2.45) is 0 Å². The third-order valence-corrected chi connectivity index (χ3v) is 4.50. The molecule has 1 aromatic heterocycles. The van der Waals surface area contributed by atoms with Crippen molar-refractivity contribution in [3.8, 4) is 0 Å². The lowest BCUT2D eigenvalue weighted by molar-refractivity contribution is 0.0524. The van der Waals surface area contributed by atoms with Gasteiger partial charge in [-0.25, -0.2) is 13.6 Å². The summed E-state index contributed by atoms with van der Waals surface area (Å²) in [5.41, 5.74) is -0.100. The summed E-state index contributed by atoms with van der Waals surface area (Å²) >= 11 is 1.07. The van der Waals surface area contributed by atoms with Gasteiger partial charge >= 0.3 is 5.97 Å². The summed E-state index contributed by atoms with van der Waals surface area (Å²) in [5.74, 6) is -2.59. The van der Waals surface area contributed by atoms with Crippen molar-refractivity contribution in [1.29, 1.82) is 0 Å². The van der Waals surface area contributed by atoms with Crippen molar-refractivity contribution in [3.63, 3.8) is 0 Å². The summed E-state index contributed by atoms with van der Waals surface area (Å²) in [4.78, 5) is 24.4. The number of esters is 1. The first-order valence-electron chi connectivity index (χ1n) is 6.51. The summed E-state index contributed by atoms with van der Waals surface area (Å²) in [5, 5.41) is -0.0622. The molecule has 1 aliphatic heterocycles. The van der Waals surface area contributed by atoms with Crippen molar-refractivity contribution in [1.82, 2.24) is 4.57 Å². The molecule has 0 fully saturated rings. The molecule has 0 atom stereocenters. The number of ether oxygens (including phenoxy) is 1. The van der Waals surface area contributed by atoms with Gasteiger partial charge in [-0.15, -0.1) is 11.8 Å². The maximum atomic E-state index is 14.0. The van der Waals surface area contributed by atoms with Crippen LogP contribution in [0.5, 0.6) is 0 Å². The van der Waals surface area contributed by atoms with Gasteiger partial charge in [0.25, 0.3) is 0 Å². The van der Waals surface area contributed by atoms with E-state index in [1.807, 2.05) is 0 Å². The zero-order valence-corrected chi connectivity index (χ0v) is 12.4. The Labute approximate surface area is 128 Å². The fourth-order valence-corrected chi connectivity index (χ4v) is 3.38. The monoisotopic (exact) mass is 323 g/mol. The van der Waals surface area contributed by atoms with E-state index in [0.717, 1.165) is 17.8 Å². The first kappa shape index (κ1) is 14.8. The van der Waals surface area contributed by atoms with Gasteiger partial charge in [-0.1, -0.05) is 6.58 Å². The highest BCUT2D eigenvalue weighted by molar-refractivity contribution is 8.00. The van der Waals surface area contributed by atoms with Crippen LogP contribution in [0.3, 0.4) is 0 Å². The molecule has 0 N–H and O–H groups in total. The van der Waals surface area contributed by atoms with E-state index in [2.05, 4.69) is 6.58 Å². The van der Waals surface area contributed by atoms with E-state index in [0.29, 0.717) is 11.4 Å². The Morgan fingerprint density at radius 1 is 1.50 bits per heavy atom. The maximum absolute atomic E-state index is 14.0. The second kappa shape index (κ2) is 5.24. The van der Waals surface area contributed by atoms with Gasteiger partial charge in [0.05, 0.1) is 22.4 Å². The predicted octanol–water partition coefficient (Wildman–Crippen LogP) is 3.03.